The molecule has 5 heteroatoms. The molecule has 0 bridgehead atoms. The highest BCUT2D eigenvalue weighted by Crippen LogP contribution is 2.34. The molecule has 0 radical (unpaired) electrons. The number of alkyl halides is 1. The maximum absolute atomic E-state index is 12.5. The van der Waals surface area contributed by atoms with Gasteiger partial charge in [0.15, 0.2) is 0 Å². The third kappa shape index (κ3) is 3.39. The zero-order valence-electron chi connectivity index (χ0n) is 12.4. The summed E-state index contributed by atoms with van der Waals surface area (Å²) in [6, 6.07) is 7.54. The highest BCUT2D eigenvalue weighted by atomic mass is 127. The van der Waals surface area contributed by atoms with Crippen molar-refractivity contribution in [1.82, 2.24) is 4.90 Å². The van der Waals surface area contributed by atoms with Gasteiger partial charge in [0.25, 0.3) is 5.91 Å². The van der Waals surface area contributed by atoms with Gasteiger partial charge in [-0.3, -0.25) is 9.59 Å². The van der Waals surface area contributed by atoms with Gasteiger partial charge in [-0.15, -0.1) is 0 Å². The molecule has 1 heterocycles. The Morgan fingerprint density at radius 2 is 2.00 bits per heavy atom. The molecule has 0 saturated carbocycles. The largest absolute Gasteiger partial charge is 0.465 e. The number of nitrogens with zero attached hydrogens (tertiary/aromatic N) is 1. The van der Waals surface area contributed by atoms with Crippen LogP contribution in [0.1, 0.15) is 29.3 Å². The molecule has 1 fully saturated rings. The second kappa shape index (κ2) is 6.77. The van der Waals surface area contributed by atoms with Crippen LogP contribution in [-0.2, 0) is 9.53 Å². The molecule has 114 valence electrons. The Morgan fingerprint density at radius 3 is 2.57 bits per heavy atom. The molecule has 0 spiro atoms. The summed E-state index contributed by atoms with van der Waals surface area (Å²) < 4.78 is 5.86. The number of hydrogen-bond acceptors (Lipinski definition) is 3. The zero-order chi connectivity index (χ0) is 15.5. The van der Waals surface area contributed by atoms with Gasteiger partial charge in [-0.1, -0.05) is 40.3 Å². The van der Waals surface area contributed by atoms with E-state index in [4.69, 9.17) is 4.74 Å². The standard InChI is InChI=1S/C16H20INO3/c1-3-21-15(20)16(10-17)8-9-18(11-16)14(19)13-6-4-12(2)5-7-13/h4-7H,3,8-11H2,1-2H3. The molecule has 1 aliphatic rings. The smallest absolute Gasteiger partial charge is 0.314 e. The summed E-state index contributed by atoms with van der Waals surface area (Å²) in [5.41, 5.74) is 1.26. The second-order valence-electron chi connectivity index (χ2n) is 5.48. The lowest BCUT2D eigenvalue weighted by atomic mass is 9.90. The quantitative estimate of drug-likeness (QED) is 0.443. The first-order valence-corrected chi connectivity index (χ1v) is 8.64. The lowest BCUT2D eigenvalue weighted by molar-refractivity contribution is -0.153. The van der Waals surface area contributed by atoms with E-state index in [0.29, 0.717) is 36.1 Å². The van der Waals surface area contributed by atoms with Crippen molar-refractivity contribution in [3.8, 4) is 0 Å². The molecule has 0 aromatic heterocycles. The van der Waals surface area contributed by atoms with Gasteiger partial charge in [-0.25, -0.2) is 0 Å². The van der Waals surface area contributed by atoms with Crippen molar-refractivity contribution < 1.29 is 14.3 Å². The number of aryl methyl sites for hydroxylation is 1. The van der Waals surface area contributed by atoms with E-state index in [9.17, 15) is 9.59 Å². The summed E-state index contributed by atoms with van der Waals surface area (Å²) in [7, 11) is 0. The predicted molar refractivity (Wildman–Crippen MR) is 89.7 cm³/mol. The van der Waals surface area contributed by atoms with E-state index in [1.165, 1.54) is 0 Å². The maximum atomic E-state index is 12.5. The lowest BCUT2D eigenvalue weighted by Crippen LogP contribution is -2.39. The fourth-order valence-electron chi connectivity index (χ4n) is 2.54. The van der Waals surface area contributed by atoms with Crippen LogP contribution in [0.5, 0.6) is 0 Å². The molecule has 1 unspecified atom stereocenters. The van der Waals surface area contributed by atoms with Crippen molar-refractivity contribution in [1.29, 1.82) is 0 Å². The van der Waals surface area contributed by atoms with Crippen molar-refractivity contribution in [2.75, 3.05) is 24.1 Å². The summed E-state index contributed by atoms with van der Waals surface area (Å²) in [5.74, 6) is -0.190. The number of halogens is 1. The molecule has 1 amide bonds. The van der Waals surface area contributed by atoms with E-state index in [-0.39, 0.29) is 11.9 Å². The number of hydrogen-bond donors (Lipinski definition) is 0. The van der Waals surface area contributed by atoms with Crippen LogP contribution in [0.25, 0.3) is 0 Å². The van der Waals surface area contributed by atoms with Crippen LogP contribution in [0.2, 0.25) is 0 Å². The summed E-state index contributed by atoms with van der Waals surface area (Å²) >= 11 is 2.21. The van der Waals surface area contributed by atoms with Gasteiger partial charge >= 0.3 is 5.97 Å². The fraction of sp³-hybridized carbons (Fsp3) is 0.500. The number of carbonyl (C=O) groups excluding carboxylic acids is 2. The SMILES string of the molecule is CCOC(=O)C1(CI)CCN(C(=O)c2ccc(C)cc2)C1. The topological polar surface area (TPSA) is 46.6 Å². The summed E-state index contributed by atoms with van der Waals surface area (Å²) in [6.07, 6.45) is 0.673. The Balaban J connectivity index is 2.12. The van der Waals surface area contributed by atoms with Gasteiger partial charge < -0.3 is 9.64 Å². The molecule has 1 aromatic carbocycles. The van der Waals surface area contributed by atoms with Crippen LogP contribution in [0, 0.1) is 12.3 Å². The Hall–Kier alpha value is -1.11. The summed E-state index contributed by atoms with van der Waals surface area (Å²) in [4.78, 5) is 26.5. The Morgan fingerprint density at radius 1 is 1.33 bits per heavy atom. The number of esters is 1. The van der Waals surface area contributed by atoms with Gasteiger partial charge in [0, 0.05) is 23.1 Å². The van der Waals surface area contributed by atoms with E-state index >= 15 is 0 Å². The number of rotatable bonds is 4. The molecule has 21 heavy (non-hydrogen) atoms. The van der Waals surface area contributed by atoms with Crippen LogP contribution in [0.15, 0.2) is 24.3 Å². The summed E-state index contributed by atoms with van der Waals surface area (Å²) in [5, 5.41) is 0. The Kier molecular flexibility index (Phi) is 5.24. The molecule has 0 N–H and O–H groups in total. The maximum Gasteiger partial charge on any atom is 0.314 e. The number of benzene rings is 1. The second-order valence-corrected chi connectivity index (χ2v) is 6.24. The molecule has 1 atom stereocenters. The van der Waals surface area contributed by atoms with Gasteiger partial charge in [0.05, 0.1) is 12.0 Å². The van der Waals surface area contributed by atoms with Crippen LogP contribution >= 0.6 is 22.6 Å². The van der Waals surface area contributed by atoms with E-state index < -0.39 is 5.41 Å². The van der Waals surface area contributed by atoms with Gasteiger partial charge in [0.1, 0.15) is 0 Å². The minimum Gasteiger partial charge on any atom is -0.465 e. The van der Waals surface area contributed by atoms with Crippen LogP contribution < -0.4 is 0 Å². The lowest BCUT2D eigenvalue weighted by Gasteiger charge is -2.24. The minimum atomic E-state index is -0.545. The average Bonchev–Trinajstić information content (AvgIpc) is 2.93. The highest BCUT2D eigenvalue weighted by Gasteiger charge is 2.46. The van der Waals surface area contributed by atoms with Crippen molar-refractivity contribution in [2.45, 2.75) is 20.3 Å². The van der Waals surface area contributed by atoms with E-state index in [0.717, 1.165) is 5.56 Å². The Bertz CT molecular complexity index is 529. The van der Waals surface area contributed by atoms with Crippen molar-refractivity contribution in [3.63, 3.8) is 0 Å². The number of ether oxygens (including phenoxy) is 1. The average molecular weight is 401 g/mol. The molecule has 0 aliphatic carbocycles. The normalized spacial score (nSPS) is 21.4. The van der Waals surface area contributed by atoms with Crippen LogP contribution in [0.3, 0.4) is 0 Å². The highest BCUT2D eigenvalue weighted by molar-refractivity contribution is 14.1. The molecular formula is C16H20INO3. The molecular weight excluding hydrogens is 381 g/mol. The number of likely N-dealkylation sites (tertiary alicyclic amines) is 1. The summed E-state index contributed by atoms with van der Waals surface area (Å²) in [6.45, 7) is 5.23. The molecule has 2 rings (SSSR count). The third-order valence-electron chi connectivity index (χ3n) is 3.90. The van der Waals surface area contributed by atoms with Crippen molar-refractivity contribution in [3.05, 3.63) is 35.4 Å². The van der Waals surface area contributed by atoms with Crippen molar-refractivity contribution >= 4 is 34.5 Å². The fourth-order valence-corrected chi connectivity index (χ4v) is 3.47. The molecule has 1 aromatic rings. The van der Waals surface area contributed by atoms with Crippen LogP contribution in [0.4, 0.5) is 0 Å². The van der Waals surface area contributed by atoms with E-state index in [2.05, 4.69) is 22.6 Å². The zero-order valence-corrected chi connectivity index (χ0v) is 14.6. The first-order valence-electron chi connectivity index (χ1n) is 7.11. The Labute approximate surface area is 139 Å². The first-order chi connectivity index (χ1) is 10.0. The van der Waals surface area contributed by atoms with Crippen molar-refractivity contribution in [2.24, 2.45) is 5.41 Å². The minimum absolute atomic E-state index is 0.00831. The monoisotopic (exact) mass is 401 g/mol. The van der Waals surface area contributed by atoms with Crippen LogP contribution in [-0.4, -0.2) is 40.9 Å². The number of amides is 1. The van der Waals surface area contributed by atoms with E-state index in [1.807, 2.05) is 38.1 Å². The van der Waals surface area contributed by atoms with Gasteiger partial charge in [0.2, 0.25) is 0 Å². The molecule has 1 aliphatic heterocycles. The first kappa shape index (κ1) is 16.3. The van der Waals surface area contributed by atoms with Gasteiger partial charge in [-0.05, 0) is 32.4 Å². The molecule has 1 saturated heterocycles. The molecule has 4 nitrogen and oxygen atoms in total. The van der Waals surface area contributed by atoms with E-state index in [1.54, 1.807) is 4.90 Å². The predicted octanol–water partition coefficient (Wildman–Crippen LogP) is 2.83. The van der Waals surface area contributed by atoms with Gasteiger partial charge in [-0.2, -0.15) is 0 Å². The number of carbonyl (C=O) groups is 2. The third-order valence-corrected chi connectivity index (χ3v) is 5.36.